The first-order valence-corrected chi connectivity index (χ1v) is 3.27. The summed E-state index contributed by atoms with van der Waals surface area (Å²) in [5, 5.41) is 4.28. The van der Waals surface area contributed by atoms with Crippen LogP contribution in [0.3, 0.4) is 0 Å². The zero-order valence-corrected chi connectivity index (χ0v) is 6.93. The van der Waals surface area contributed by atoms with Crippen LogP contribution in [-0.2, 0) is 0 Å². The molecule has 4 nitrogen and oxygen atoms in total. The van der Waals surface area contributed by atoms with E-state index < -0.39 is 0 Å². The second-order valence-corrected chi connectivity index (χ2v) is 2.63. The summed E-state index contributed by atoms with van der Waals surface area (Å²) in [6.07, 6.45) is 0. The lowest BCUT2D eigenvalue weighted by Gasteiger charge is -2.14. The van der Waals surface area contributed by atoms with Crippen molar-refractivity contribution in [2.45, 2.75) is 19.9 Å². The van der Waals surface area contributed by atoms with Gasteiger partial charge in [0.05, 0.1) is 0 Å². The Morgan fingerprint density at radius 1 is 1.40 bits per heavy atom. The second kappa shape index (κ2) is 4.11. The van der Waals surface area contributed by atoms with Crippen molar-refractivity contribution in [1.29, 1.82) is 0 Å². The quantitative estimate of drug-likeness (QED) is 0.544. The highest BCUT2D eigenvalue weighted by Crippen LogP contribution is 1.75. The number of nitrogens with one attached hydrogen (secondary N) is 2. The van der Waals surface area contributed by atoms with Gasteiger partial charge in [-0.25, -0.2) is 9.80 Å². The van der Waals surface area contributed by atoms with E-state index in [1.165, 1.54) is 0 Å². The summed E-state index contributed by atoms with van der Waals surface area (Å²) in [6, 6.07) is 0.0138. The molecule has 2 N–H and O–H groups in total. The first-order chi connectivity index (χ1) is 4.52. The van der Waals surface area contributed by atoms with Gasteiger partial charge in [0.25, 0.3) is 0 Å². The number of hydrogen-bond acceptors (Lipinski definition) is 2. The van der Waals surface area contributed by atoms with E-state index in [1.807, 2.05) is 13.8 Å². The number of amides is 2. The number of urea groups is 1. The zero-order chi connectivity index (χ0) is 8.15. The van der Waals surface area contributed by atoms with Crippen LogP contribution >= 0.6 is 0 Å². The summed E-state index contributed by atoms with van der Waals surface area (Å²) >= 11 is 0. The summed E-state index contributed by atoms with van der Waals surface area (Å²) in [7, 11) is 3.53. The van der Waals surface area contributed by atoms with Gasteiger partial charge in [-0.3, -0.25) is 5.43 Å². The van der Waals surface area contributed by atoms with Crippen molar-refractivity contribution >= 4 is 6.03 Å². The molecule has 0 bridgehead atoms. The molecule has 0 fully saturated rings. The lowest BCUT2D eigenvalue weighted by Crippen LogP contribution is -2.45. The molecule has 0 aromatic heterocycles. The molecule has 0 aliphatic carbocycles. The normalized spacial score (nSPS) is 10.2. The van der Waals surface area contributed by atoms with E-state index in [-0.39, 0.29) is 12.1 Å². The molecule has 60 valence electrons. The van der Waals surface area contributed by atoms with Gasteiger partial charge in [0.1, 0.15) is 0 Å². The van der Waals surface area contributed by atoms with Gasteiger partial charge in [-0.1, -0.05) is 0 Å². The molecule has 0 radical (unpaired) electrons. The Kier molecular flexibility index (Phi) is 3.79. The Labute approximate surface area is 61.6 Å². The maximum Gasteiger partial charge on any atom is 0.329 e. The molecule has 0 aliphatic rings. The fourth-order valence-electron chi connectivity index (χ4n) is 0.498. The highest BCUT2D eigenvalue weighted by Gasteiger charge is 2.00. The number of rotatable bonds is 2. The molecule has 0 unspecified atom stereocenters. The van der Waals surface area contributed by atoms with Gasteiger partial charge in [0.2, 0.25) is 0 Å². The van der Waals surface area contributed by atoms with Crippen LogP contribution in [0.25, 0.3) is 0 Å². The molecule has 0 saturated carbocycles. The third-order valence-corrected chi connectivity index (χ3v) is 0.745. The van der Waals surface area contributed by atoms with Crippen molar-refractivity contribution in [3.63, 3.8) is 0 Å². The van der Waals surface area contributed by atoms with Crippen LogP contribution in [0.15, 0.2) is 0 Å². The molecule has 2 amide bonds. The maximum atomic E-state index is 10.8. The number of hydrogen-bond donors (Lipinski definition) is 2. The van der Waals surface area contributed by atoms with Crippen LogP contribution < -0.4 is 10.7 Å². The van der Waals surface area contributed by atoms with Crippen LogP contribution in [0.4, 0.5) is 4.79 Å². The third kappa shape index (κ3) is 5.37. The van der Waals surface area contributed by atoms with Crippen molar-refractivity contribution < 1.29 is 4.79 Å². The van der Waals surface area contributed by atoms with Crippen molar-refractivity contribution in [2.24, 2.45) is 0 Å². The van der Waals surface area contributed by atoms with Gasteiger partial charge >= 0.3 is 6.03 Å². The van der Waals surface area contributed by atoms with Crippen LogP contribution in [0.5, 0.6) is 0 Å². The summed E-state index contributed by atoms with van der Waals surface area (Å²) < 4.78 is 0. The summed E-state index contributed by atoms with van der Waals surface area (Å²) in [6.45, 7) is 3.82. The minimum Gasteiger partial charge on any atom is -0.335 e. The number of nitrogens with zero attached hydrogens (tertiary/aromatic N) is 1. The second-order valence-electron chi connectivity index (χ2n) is 2.63. The number of carbonyl (C=O) groups is 1. The molecule has 0 aromatic carbocycles. The van der Waals surface area contributed by atoms with Crippen molar-refractivity contribution in [3.05, 3.63) is 0 Å². The Balaban J connectivity index is 3.44. The van der Waals surface area contributed by atoms with Crippen molar-refractivity contribution in [2.75, 3.05) is 14.1 Å². The monoisotopic (exact) mass is 145 g/mol. The molecule has 4 heteroatoms. The smallest absolute Gasteiger partial charge is 0.329 e. The molecule has 0 aliphatic heterocycles. The van der Waals surface area contributed by atoms with Gasteiger partial charge in [0, 0.05) is 20.1 Å². The van der Waals surface area contributed by atoms with E-state index in [2.05, 4.69) is 10.7 Å². The van der Waals surface area contributed by atoms with Crippen molar-refractivity contribution in [1.82, 2.24) is 15.8 Å². The average Bonchev–Trinajstić information content (AvgIpc) is 1.58. The highest BCUT2D eigenvalue weighted by molar-refractivity contribution is 5.73. The fourth-order valence-corrected chi connectivity index (χ4v) is 0.498. The Morgan fingerprint density at radius 3 is 2.20 bits per heavy atom. The molecule has 0 saturated heterocycles. The Bertz CT molecular complexity index is 99.6. The number of carbonyl (C=O) groups excluding carboxylic acids is 1. The molecule has 0 heterocycles. The number of hydrazine groups is 1. The topological polar surface area (TPSA) is 44.4 Å². The molecule has 0 aromatic rings. The standard InChI is InChI=1S/C6H15N3O/c1-5(2)7-6(10)8-9(3)4/h5H,1-4H3,(H2,7,8,10). The van der Waals surface area contributed by atoms with Gasteiger partial charge < -0.3 is 5.32 Å². The molecular formula is C6H15N3O. The SMILES string of the molecule is CC(C)NC(=O)NN(C)C. The molecule has 0 spiro atoms. The van der Waals surface area contributed by atoms with Crippen LogP contribution in [0.1, 0.15) is 13.8 Å². The first kappa shape index (κ1) is 9.23. The van der Waals surface area contributed by atoms with Gasteiger partial charge in [-0.15, -0.1) is 0 Å². The molecule has 0 rings (SSSR count). The average molecular weight is 145 g/mol. The van der Waals surface area contributed by atoms with Crippen molar-refractivity contribution in [3.8, 4) is 0 Å². The summed E-state index contributed by atoms with van der Waals surface area (Å²) in [4.78, 5) is 10.8. The zero-order valence-electron chi connectivity index (χ0n) is 6.93. The minimum absolute atomic E-state index is 0.167. The fraction of sp³-hybridized carbons (Fsp3) is 0.833. The van der Waals surface area contributed by atoms with E-state index in [1.54, 1.807) is 19.1 Å². The highest BCUT2D eigenvalue weighted by atomic mass is 16.2. The van der Waals surface area contributed by atoms with E-state index in [0.29, 0.717) is 0 Å². The lowest BCUT2D eigenvalue weighted by atomic mass is 10.4. The van der Waals surface area contributed by atoms with Gasteiger partial charge in [0.15, 0.2) is 0 Å². The summed E-state index contributed by atoms with van der Waals surface area (Å²) in [5.41, 5.74) is 2.56. The van der Waals surface area contributed by atoms with E-state index >= 15 is 0 Å². The Morgan fingerprint density at radius 2 is 1.90 bits per heavy atom. The van der Waals surface area contributed by atoms with E-state index in [4.69, 9.17) is 0 Å². The third-order valence-electron chi connectivity index (χ3n) is 0.745. The minimum atomic E-state index is -0.167. The molecule has 10 heavy (non-hydrogen) atoms. The predicted octanol–water partition coefficient (Wildman–Crippen LogP) is 0.171. The largest absolute Gasteiger partial charge is 0.335 e. The van der Waals surface area contributed by atoms with Crippen LogP contribution in [0, 0.1) is 0 Å². The maximum absolute atomic E-state index is 10.8. The van der Waals surface area contributed by atoms with E-state index in [0.717, 1.165) is 0 Å². The molecular weight excluding hydrogens is 130 g/mol. The van der Waals surface area contributed by atoms with Gasteiger partial charge in [-0.2, -0.15) is 0 Å². The lowest BCUT2D eigenvalue weighted by molar-refractivity contribution is 0.210. The first-order valence-electron chi connectivity index (χ1n) is 3.27. The summed E-state index contributed by atoms with van der Waals surface area (Å²) in [5.74, 6) is 0. The van der Waals surface area contributed by atoms with Crippen LogP contribution in [0.2, 0.25) is 0 Å². The predicted molar refractivity (Wildman–Crippen MR) is 40.5 cm³/mol. The van der Waals surface area contributed by atoms with Gasteiger partial charge in [-0.05, 0) is 13.8 Å². The van der Waals surface area contributed by atoms with Crippen LogP contribution in [-0.4, -0.2) is 31.2 Å². The van der Waals surface area contributed by atoms with E-state index in [9.17, 15) is 4.79 Å². The molecule has 0 atom stereocenters. The Hall–Kier alpha value is -0.770.